The molecule has 0 heterocycles. The van der Waals surface area contributed by atoms with Gasteiger partial charge in [-0.15, -0.1) is 0 Å². The van der Waals surface area contributed by atoms with E-state index in [1.165, 1.54) is 5.56 Å². The smallest absolute Gasteiger partial charge is 0.262 e. The van der Waals surface area contributed by atoms with Gasteiger partial charge in [-0.25, -0.2) is 0 Å². The van der Waals surface area contributed by atoms with Gasteiger partial charge >= 0.3 is 0 Å². The van der Waals surface area contributed by atoms with Crippen molar-refractivity contribution in [1.29, 1.82) is 0 Å². The van der Waals surface area contributed by atoms with Gasteiger partial charge in [-0.2, -0.15) is 0 Å². The third kappa shape index (κ3) is 4.78. The van der Waals surface area contributed by atoms with Gasteiger partial charge in [0.15, 0.2) is 6.61 Å². The highest BCUT2D eigenvalue weighted by atomic mass is 35.5. The van der Waals surface area contributed by atoms with E-state index in [4.69, 9.17) is 16.3 Å². The van der Waals surface area contributed by atoms with E-state index in [2.05, 4.69) is 19.2 Å². The highest BCUT2D eigenvalue weighted by Gasteiger charge is 2.06. The van der Waals surface area contributed by atoms with E-state index >= 15 is 0 Å². The number of hydrogen-bond donors (Lipinski definition) is 1. The molecular formula is C18H20ClNO2. The van der Waals surface area contributed by atoms with Gasteiger partial charge in [0, 0.05) is 10.7 Å². The summed E-state index contributed by atoms with van der Waals surface area (Å²) in [4.78, 5) is 11.9. The fraction of sp³-hybridized carbons (Fsp3) is 0.278. The van der Waals surface area contributed by atoms with E-state index in [-0.39, 0.29) is 12.5 Å². The van der Waals surface area contributed by atoms with Crippen molar-refractivity contribution >= 4 is 23.2 Å². The molecular weight excluding hydrogens is 298 g/mol. The quantitative estimate of drug-likeness (QED) is 0.825. The van der Waals surface area contributed by atoms with Crippen LogP contribution in [0.1, 0.15) is 31.7 Å². The van der Waals surface area contributed by atoms with Crippen LogP contribution in [0.4, 0.5) is 5.69 Å². The van der Waals surface area contributed by atoms with Gasteiger partial charge in [0.2, 0.25) is 0 Å². The Kier molecular flexibility index (Phi) is 5.84. The van der Waals surface area contributed by atoms with Crippen molar-refractivity contribution in [1.82, 2.24) is 0 Å². The van der Waals surface area contributed by atoms with Crippen LogP contribution in [0.2, 0.25) is 5.02 Å². The predicted molar refractivity (Wildman–Crippen MR) is 90.7 cm³/mol. The van der Waals surface area contributed by atoms with Gasteiger partial charge in [0.05, 0.1) is 0 Å². The minimum Gasteiger partial charge on any atom is -0.484 e. The zero-order valence-electron chi connectivity index (χ0n) is 12.8. The first-order valence-electron chi connectivity index (χ1n) is 7.36. The first-order chi connectivity index (χ1) is 10.6. The molecule has 116 valence electrons. The normalized spacial score (nSPS) is 11.8. The fourth-order valence-electron chi connectivity index (χ4n) is 2.01. The summed E-state index contributed by atoms with van der Waals surface area (Å²) in [6.07, 6.45) is 1.10. The Hall–Kier alpha value is -2.00. The second-order valence-electron chi connectivity index (χ2n) is 5.22. The van der Waals surface area contributed by atoms with Crippen molar-refractivity contribution in [3.05, 3.63) is 59.1 Å². The molecule has 0 radical (unpaired) electrons. The van der Waals surface area contributed by atoms with E-state index in [1.807, 2.05) is 24.3 Å². The van der Waals surface area contributed by atoms with Crippen LogP contribution in [0.3, 0.4) is 0 Å². The molecule has 2 rings (SSSR count). The largest absolute Gasteiger partial charge is 0.484 e. The van der Waals surface area contributed by atoms with Crippen LogP contribution in [0.25, 0.3) is 0 Å². The SMILES string of the molecule is CCC(C)c1ccc(NC(=O)COc2ccc(Cl)cc2)cc1. The Labute approximate surface area is 136 Å². The summed E-state index contributed by atoms with van der Waals surface area (Å²) < 4.78 is 5.40. The molecule has 1 N–H and O–H groups in total. The maximum absolute atomic E-state index is 11.9. The molecule has 4 heteroatoms. The average molecular weight is 318 g/mol. The molecule has 0 fully saturated rings. The second kappa shape index (κ2) is 7.85. The lowest BCUT2D eigenvalue weighted by molar-refractivity contribution is -0.118. The fourth-order valence-corrected chi connectivity index (χ4v) is 2.13. The van der Waals surface area contributed by atoms with Crippen LogP contribution in [0.5, 0.6) is 5.75 Å². The Morgan fingerprint density at radius 3 is 2.36 bits per heavy atom. The van der Waals surface area contributed by atoms with Gasteiger partial charge in [-0.3, -0.25) is 4.79 Å². The summed E-state index contributed by atoms with van der Waals surface area (Å²) >= 11 is 5.79. The predicted octanol–water partition coefficient (Wildman–Crippen LogP) is 4.87. The third-order valence-corrected chi connectivity index (χ3v) is 3.81. The summed E-state index contributed by atoms with van der Waals surface area (Å²) in [6, 6.07) is 14.8. The number of halogens is 1. The zero-order valence-corrected chi connectivity index (χ0v) is 13.6. The molecule has 1 atom stereocenters. The molecule has 0 bridgehead atoms. The van der Waals surface area contributed by atoms with E-state index in [0.29, 0.717) is 16.7 Å². The van der Waals surface area contributed by atoms with E-state index in [9.17, 15) is 4.79 Å². The Bertz CT molecular complexity index is 608. The second-order valence-corrected chi connectivity index (χ2v) is 5.66. The van der Waals surface area contributed by atoms with Crippen LogP contribution < -0.4 is 10.1 Å². The number of benzene rings is 2. The maximum atomic E-state index is 11.9. The number of nitrogens with one attached hydrogen (secondary N) is 1. The molecule has 3 nitrogen and oxygen atoms in total. The summed E-state index contributed by atoms with van der Waals surface area (Å²) in [5, 5.41) is 3.45. The van der Waals surface area contributed by atoms with Crippen molar-refractivity contribution in [3.8, 4) is 5.75 Å². The maximum Gasteiger partial charge on any atom is 0.262 e. The van der Waals surface area contributed by atoms with E-state index in [1.54, 1.807) is 24.3 Å². The summed E-state index contributed by atoms with van der Waals surface area (Å²) in [6.45, 7) is 4.32. The molecule has 2 aromatic carbocycles. The topological polar surface area (TPSA) is 38.3 Å². The third-order valence-electron chi connectivity index (χ3n) is 3.56. The van der Waals surface area contributed by atoms with Gasteiger partial charge in [-0.1, -0.05) is 37.6 Å². The van der Waals surface area contributed by atoms with Gasteiger partial charge in [0.25, 0.3) is 5.91 Å². The Morgan fingerprint density at radius 2 is 1.77 bits per heavy atom. The molecule has 0 saturated carbocycles. The summed E-state index contributed by atoms with van der Waals surface area (Å²) in [5.74, 6) is 0.955. The molecule has 0 aliphatic carbocycles. The van der Waals surface area contributed by atoms with Crippen LogP contribution in [-0.4, -0.2) is 12.5 Å². The number of hydrogen-bond acceptors (Lipinski definition) is 2. The van der Waals surface area contributed by atoms with Gasteiger partial charge < -0.3 is 10.1 Å². The zero-order chi connectivity index (χ0) is 15.9. The minimum atomic E-state index is -0.189. The first kappa shape index (κ1) is 16.4. The van der Waals surface area contributed by atoms with E-state index < -0.39 is 0 Å². The molecule has 0 aliphatic rings. The lowest BCUT2D eigenvalue weighted by Gasteiger charge is -2.11. The van der Waals surface area contributed by atoms with Crippen LogP contribution >= 0.6 is 11.6 Å². The Morgan fingerprint density at radius 1 is 1.14 bits per heavy atom. The molecule has 0 aliphatic heterocycles. The van der Waals surface area contributed by atoms with Crippen molar-refractivity contribution in [2.24, 2.45) is 0 Å². The monoisotopic (exact) mass is 317 g/mol. The highest BCUT2D eigenvalue weighted by Crippen LogP contribution is 2.20. The lowest BCUT2D eigenvalue weighted by atomic mass is 9.99. The number of carbonyl (C=O) groups excluding carboxylic acids is 1. The van der Waals surface area contributed by atoms with Gasteiger partial charge in [0.1, 0.15) is 5.75 Å². The average Bonchev–Trinajstić information content (AvgIpc) is 2.54. The molecule has 0 saturated heterocycles. The lowest BCUT2D eigenvalue weighted by Crippen LogP contribution is -2.20. The minimum absolute atomic E-state index is 0.0330. The van der Waals surface area contributed by atoms with Crippen LogP contribution in [-0.2, 0) is 4.79 Å². The van der Waals surface area contributed by atoms with Crippen molar-refractivity contribution in [2.75, 3.05) is 11.9 Å². The van der Waals surface area contributed by atoms with Gasteiger partial charge in [-0.05, 0) is 54.3 Å². The molecule has 1 amide bonds. The summed E-state index contributed by atoms with van der Waals surface area (Å²) in [7, 11) is 0. The molecule has 0 spiro atoms. The number of anilines is 1. The molecule has 0 aromatic heterocycles. The van der Waals surface area contributed by atoms with E-state index in [0.717, 1.165) is 12.1 Å². The number of carbonyl (C=O) groups is 1. The van der Waals surface area contributed by atoms with Crippen LogP contribution in [0, 0.1) is 0 Å². The first-order valence-corrected chi connectivity index (χ1v) is 7.74. The Balaban J connectivity index is 1.85. The van der Waals surface area contributed by atoms with Crippen LogP contribution in [0.15, 0.2) is 48.5 Å². The molecule has 2 aromatic rings. The van der Waals surface area contributed by atoms with Crippen molar-refractivity contribution in [2.45, 2.75) is 26.2 Å². The number of rotatable bonds is 6. The standard InChI is InChI=1S/C18H20ClNO2/c1-3-13(2)14-4-8-16(9-5-14)20-18(21)12-22-17-10-6-15(19)7-11-17/h4-11,13H,3,12H2,1-2H3,(H,20,21). The summed E-state index contributed by atoms with van der Waals surface area (Å²) in [5.41, 5.74) is 2.05. The molecule has 1 unspecified atom stereocenters. The highest BCUT2D eigenvalue weighted by molar-refractivity contribution is 6.30. The number of ether oxygens (including phenoxy) is 1. The molecule has 22 heavy (non-hydrogen) atoms. The van der Waals surface area contributed by atoms with Crippen molar-refractivity contribution < 1.29 is 9.53 Å². The number of amides is 1. The van der Waals surface area contributed by atoms with Crippen molar-refractivity contribution in [3.63, 3.8) is 0 Å².